The van der Waals surface area contributed by atoms with Crippen molar-refractivity contribution >= 4 is 5.69 Å². The zero-order valence-electron chi connectivity index (χ0n) is 9.83. The van der Waals surface area contributed by atoms with Gasteiger partial charge in [0, 0.05) is 6.07 Å². The van der Waals surface area contributed by atoms with Gasteiger partial charge in [0.1, 0.15) is 17.3 Å². The molecule has 0 saturated heterocycles. The predicted octanol–water partition coefficient (Wildman–Crippen LogP) is 3.82. The number of anilines is 1. The van der Waals surface area contributed by atoms with Crippen molar-refractivity contribution in [3.63, 3.8) is 0 Å². The molecule has 2 aromatic carbocycles. The molecule has 2 aromatic rings. The third-order valence-electron chi connectivity index (χ3n) is 2.54. The monoisotopic (exact) mass is 231 g/mol. The highest BCUT2D eigenvalue weighted by Crippen LogP contribution is 2.28. The first kappa shape index (κ1) is 11.5. The van der Waals surface area contributed by atoms with Crippen molar-refractivity contribution in [2.24, 2.45) is 0 Å². The van der Waals surface area contributed by atoms with Crippen LogP contribution in [0.25, 0.3) is 0 Å². The van der Waals surface area contributed by atoms with Gasteiger partial charge >= 0.3 is 0 Å². The lowest BCUT2D eigenvalue weighted by Gasteiger charge is -2.09. The summed E-state index contributed by atoms with van der Waals surface area (Å²) in [6.45, 7) is 3.66. The largest absolute Gasteiger partial charge is 0.455 e. The molecule has 0 heterocycles. The van der Waals surface area contributed by atoms with Gasteiger partial charge in [0.2, 0.25) is 0 Å². The van der Waals surface area contributed by atoms with Crippen LogP contribution >= 0.6 is 0 Å². The number of halogens is 1. The van der Waals surface area contributed by atoms with E-state index in [9.17, 15) is 4.39 Å². The SMILES string of the molecule is Cc1ccc(Oc2ccc(C)c(F)c2)c(N)c1. The van der Waals surface area contributed by atoms with E-state index in [0.29, 0.717) is 22.7 Å². The Morgan fingerprint density at radius 2 is 1.82 bits per heavy atom. The van der Waals surface area contributed by atoms with E-state index in [1.165, 1.54) is 6.07 Å². The summed E-state index contributed by atoms with van der Waals surface area (Å²) in [5.41, 5.74) is 8.02. The van der Waals surface area contributed by atoms with Gasteiger partial charge in [-0.3, -0.25) is 0 Å². The average Bonchev–Trinajstić information content (AvgIpc) is 2.27. The highest BCUT2D eigenvalue weighted by atomic mass is 19.1. The van der Waals surface area contributed by atoms with Crippen LogP contribution < -0.4 is 10.5 Å². The van der Waals surface area contributed by atoms with E-state index in [4.69, 9.17) is 10.5 Å². The van der Waals surface area contributed by atoms with Crippen molar-refractivity contribution in [3.8, 4) is 11.5 Å². The van der Waals surface area contributed by atoms with E-state index in [1.807, 2.05) is 19.1 Å². The molecule has 0 radical (unpaired) electrons. The molecule has 3 heteroatoms. The third kappa shape index (κ3) is 2.56. The van der Waals surface area contributed by atoms with Crippen LogP contribution in [0.15, 0.2) is 36.4 Å². The minimum absolute atomic E-state index is 0.284. The van der Waals surface area contributed by atoms with Crippen LogP contribution in [-0.4, -0.2) is 0 Å². The fourth-order valence-corrected chi connectivity index (χ4v) is 1.52. The number of hydrogen-bond acceptors (Lipinski definition) is 2. The first-order valence-corrected chi connectivity index (χ1v) is 5.36. The van der Waals surface area contributed by atoms with Crippen molar-refractivity contribution in [1.82, 2.24) is 0 Å². The van der Waals surface area contributed by atoms with E-state index in [2.05, 4.69) is 0 Å². The van der Waals surface area contributed by atoms with Gasteiger partial charge < -0.3 is 10.5 Å². The van der Waals surface area contributed by atoms with E-state index in [0.717, 1.165) is 5.56 Å². The molecule has 0 saturated carbocycles. The topological polar surface area (TPSA) is 35.2 Å². The second-order valence-corrected chi connectivity index (χ2v) is 4.05. The zero-order valence-corrected chi connectivity index (χ0v) is 9.83. The van der Waals surface area contributed by atoms with Gasteiger partial charge in [-0.25, -0.2) is 4.39 Å². The smallest absolute Gasteiger partial charge is 0.150 e. The van der Waals surface area contributed by atoms with Crippen LogP contribution in [0.4, 0.5) is 10.1 Å². The molecule has 0 amide bonds. The molecule has 0 aliphatic heterocycles. The summed E-state index contributed by atoms with van der Waals surface area (Å²) < 4.78 is 18.9. The third-order valence-corrected chi connectivity index (χ3v) is 2.54. The maximum Gasteiger partial charge on any atom is 0.150 e. The zero-order chi connectivity index (χ0) is 12.4. The van der Waals surface area contributed by atoms with E-state index >= 15 is 0 Å². The molecule has 0 aliphatic carbocycles. The van der Waals surface area contributed by atoms with Crippen LogP contribution in [0.3, 0.4) is 0 Å². The summed E-state index contributed by atoms with van der Waals surface area (Å²) in [6.07, 6.45) is 0. The second-order valence-electron chi connectivity index (χ2n) is 4.05. The molecule has 0 aromatic heterocycles. The lowest BCUT2D eigenvalue weighted by atomic mass is 10.2. The summed E-state index contributed by atoms with van der Waals surface area (Å²) >= 11 is 0. The highest BCUT2D eigenvalue weighted by molar-refractivity contribution is 5.55. The van der Waals surface area contributed by atoms with Gasteiger partial charge in [0.05, 0.1) is 5.69 Å². The fraction of sp³-hybridized carbons (Fsp3) is 0.143. The molecule has 2 nitrogen and oxygen atoms in total. The number of rotatable bonds is 2. The minimum atomic E-state index is -0.284. The summed E-state index contributed by atoms with van der Waals surface area (Å²) in [5, 5.41) is 0. The van der Waals surface area contributed by atoms with Crippen molar-refractivity contribution in [3.05, 3.63) is 53.3 Å². The van der Waals surface area contributed by atoms with E-state index < -0.39 is 0 Å². The highest BCUT2D eigenvalue weighted by Gasteiger charge is 2.04. The van der Waals surface area contributed by atoms with Crippen LogP contribution in [0.5, 0.6) is 11.5 Å². The molecule has 0 atom stereocenters. The molecule has 0 fully saturated rings. The summed E-state index contributed by atoms with van der Waals surface area (Å²) in [6, 6.07) is 10.2. The Hall–Kier alpha value is -2.03. The predicted molar refractivity (Wildman–Crippen MR) is 66.8 cm³/mol. The van der Waals surface area contributed by atoms with Crippen molar-refractivity contribution < 1.29 is 9.13 Å². The molecule has 2 N–H and O–H groups in total. The van der Waals surface area contributed by atoms with Gasteiger partial charge in [-0.15, -0.1) is 0 Å². The van der Waals surface area contributed by atoms with Gasteiger partial charge in [-0.2, -0.15) is 0 Å². The molecule has 0 aliphatic rings. The number of benzene rings is 2. The average molecular weight is 231 g/mol. The molecule has 17 heavy (non-hydrogen) atoms. The van der Waals surface area contributed by atoms with Crippen molar-refractivity contribution in [2.45, 2.75) is 13.8 Å². The Kier molecular flexibility index (Phi) is 3.00. The molecule has 0 unspecified atom stereocenters. The number of nitrogen functional groups attached to an aromatic ring is 1. The summed E-state index contributed by atoms with van der Waals surface area (Å²) in [7, 11) is 0. The van der Waals surface area contributed by atoms with Crippen LogP contribution in [0.1, 0.15) is 11.1 Å². The van der Waals surface area contributed by atoms with Crippen molar-refractivity contribution in [1.29, 1.82) is 0 Å². The maximum absolute atomic E-state index is 13.3. The normalized spacial score (nSPS) is 10.3. The van der Waals surface area contributed by atoms with Crippen LogP contribution in [-0.2, 0) is 0 Å². The number of aryl methyl sites for hydroxylation is 2. The second kappa shape index (κ2) is 4.45. The Labute approximate surface area is 99.8 Å². The summed E-state index contributed by atoms with van der Waals surface area (Å²) in [5.74, 6) is 0.704. The molecular formula is C14H14FNO. The molecule has 0 bridgehead atoms. The Balaban J connectivity index is 2.28. The number of hydrogen-bond donors (Lipinski definition) is 1. The molecular weight excluding hydrogens is 217 g/mol. The van der Waals surface area contributed by atoms with Crippen LogP contribution in [0, 0.1) is 19.7 Å². The number of nitrogens with two attached hydrogens (primary N) is 1. The Morgan fingerprint density at radius 1 is 1.06 bits per heavy atom. The van der Waals surface area contributed by atoms with Gasteiger partial charge in [-0.05, 0) is 43.2 Å². The first-order chi connectivity index (χ1) is 8.06. The summed E-state index contributed by atoms with van der Waals surface area (Å²) in [4.78, 5) is 0. The van der Waals surface area contributed by atoms with Crippen molar-refractivity contribution in [2.75, 3.05) is 5.73 Å². The van der Waals surface area contributed by atoms with Gasteiger partial charge in [0.25, 0.3) is 0 Å². The molecule has 0 spiro atoms. The van der Waals surface area contributed by atoms with E-state index in [1.54, 1.807) is 25.1 Å². The fourth-order valence-electron chi connectivity index (χ4n) is 1.52. The lowest BCUT2D eigenvalue weighted by Crippen LogP contribution is -1.93. The van der Waals surface area contributed by atoms with Gasteiger partial charge in [0.15, 0.2) is 0 Å². The molecule has 2 rings (SSSR count). The Morgan fingerprint density at radius 3 is 2.47 bits per heavy atom. The standard InChI is InChI=1S/C14H14FNO/c1-9-3-6-14(13(16)7-9)17-11-5-4-10(2)12(15)8-11/h3-8H,16H2,1-2H3. The van der Waals surface area contributed by atoms with Crippen LogP contribution in [0.2, 0.25) is 0 Å². The maximum atomic E-state index is 13.3. The molecule has 88 valence electrons. The number of ether oxygens (including phenoxy) is 1. The lowest BCUT2D eigenvalue weighted by molar-refractivity contribution is 0.478. The quantitative estimate of drug-likeness (QED) is 0.797. The van der Waals surface area contributed by atoms with Gasteiger partial charge in [-0.1, -0.05) is 12.1 Å². The minimum Gasteiger partial charge on any atom is -0.455 e. The van der Waals surface area contributed by atoms with E-state index in [-0.39, 0.29) is 5.82 Å². The Bertz CT molecular complexity index is 552. The first-order valence-electron chi connectivity index (χ1n) is 5.36.